The molecule has 0 aliphatic carbocycles. The van der Waals surface area contributed by atoms with E-state index in [2.05, 4.69) is 4.76 Å². The summed E-state index contributed by atoms with van der Waals surface area (Å²) in [7, 11) is 4.75. The molecule has 0 aromatic heterocycles. The van der Waals surface area contributed by atoms with Crippen molar-refractivity contribution in [1.82, 2.24) is 5.06 Å². The summed E-state index contributed by atoms with van der Waals surface area (Å²) in [6, 6.07) is 0. The third-order valence-corrected chi connectivity index (χ3v) is 0.848. The van der Waals surface area contributed by atoms with E-state index in [1.54, 1.807) is 0 Å². The van der Waals surface area contributed by atoms with E-state index in [9.17, 15) is 0 Å². The first kappa shape index (κ1) is 8.90. The molecule has 0 saturated heterocycles. The van der Waals surface area contributed by atoms with Crippen LogP contribution in [0.2, 0.25) is 0 Å². The van der Waals surface area contributed by atoms with Crippen molar-refractivity contribution in [3.8, 4) is 0 Å². The fourth-order valence-electron chi connectivity index (χ4n) is 0.440. The van der Waals surface area contributed by atoms with Gasteiger partial charge in [-0.05, 0) is 0 Å². The van der Waals surface area contributed by atoms with Gasteiger partial charge < -0.3 is 15.0 Å². The minimum Gasteiger partial charge on any atom is -0.395 e. The molecule has 0 spiro atoms. The quantitative estimate of drug-likeness (QED) is 0.344. The zero-order chi connectivity index (χ0) is 7.11. The Morgan fingerprint density at radius 2 is 1.67 bits per heavy atom. The normalized spacial score (nSPS) is 10.6. The second kappa shape index (κ2) is 6.03. The molecular formula is C4H10BNO3. The third-order valence-electron chi connectivity index (χ3n) is 0.848. The van der Waals surface area contributed by atoms with Gasteiger partial charge in [-0.2, -0.15) is 0 Å². The van der Waals surface area contributed by atoms with E-state index in [-0.39, 0.29) is 13.2 Å². The van der Waals surface area contributed by atoms with Gasteiger partial charge in [0, 0.05) is 13.1 Å². The van der Waals surface area contributed by atoms with Crippen LogP contribution in [0.4, 0.5) is 0 Å². The zero-order valence-electron chi connectivity index (χ0n) is 5.16. The SMILES string of the molecule is [B]ON(CCO)CCO. The minimum atomic E-state index is -0.0306. The van der Waals surface area contributed by atoms with Gasteiger partial charge in [-0.25, -0.2) is 5.06 Å². The number of hydrogen-bond acceptors (Lipinski definition) is 4. The second-order valence-electron chi connectivity index (χ2n) is 1.48. The standard InChI is InChI=1S/C4H10BNO3/c5-9-6(1-3-7)2-4-8/h7-8H,1-4H2. The summed E-state index contributed by atoms with van der Waals surface area (Å²) >= 11 is 0. The van der Waals surface area contributed by atoms with E-state index < -0.39 is 0 Å². The van der Waals surface area contributed by atoms with Crippen molar-refractivity contribution in [2.75, 3.05) is 26.3 Å². The number of nitrogens with zero attached hydrogens (tertiary/aromatic N) is 1. The van der Waals surface area contributed by atoms with Crippen molar-refractivity contribution in [1.29, 1.82) is 0 Å². The van der Waals surface area contributed by atoms with Crippen LogP contribution in [0, 0.1) is 0 Å². The first-order valence-corrected chi connectivity index (χ1v) is 2.68. The van der Waals surface area contributed by atoms with E-state index in [0.29, 0.717) is 13.1 Å². The monoisotopic (exact) mass is 131 g/mol. The fourth-order valence-corrected chi connectivity index (χ4v) is 0.440. The lowest BCUT2D eigenvalue weighted by Gasteiger charge is -2.16. The number of aliphatic hydroxyl groups excluding tert-OH is 2. The van der Waals surface area contributed by atoms with Gasteiger partial charge in [-0.1, -0.05) is 0 Å². The van der Waals surface area contributed by atoms with E-state index in [4.69, 9.17) is 18.3 Å². The van der Waals surface area contributed by atoms with Crippen molar-refractivity contribution in [2.24, 2.45) is 0 Å². The molecule has 4 nitrogen and oxygen atoms in total. The lowest BCUT2D eigenvalue weighted by Crippen LogP contribution is -2.29. The third kappa shape index (κ3) is 4.41. The van der Waals surface area contributed by atoms with Gasteiger partial charge in [0.15, 0.2) is 0 Å². The fraction of sp³-hybridized carbons (Fsp3) is 1.00. The Balaban J connectivity index is 3.18. The van der Waals surface area contributed by atoms with E-state index in [1.807, 2.05) is 0 Å². The van der Waals surface area contributed by atoms with Crippen molar-refractivity contribution in [3.63, 3.8) is 0 Å². The van der Waals surface area contributed by atoms with Gasteiger partial charge >= 0.3 is 8.05 Å². The molecular weight excluding hydrogens is 121 g/mol. The highest BCUT2D eigenvalue weighted by atomic mass is 16.6. The molecule has 2 N–H and O–H groups in total. The maximum absolute atomic E-state index is 8.34. The Morgan fingerprint density at radius 3 is 1.89 bits per heavy atom. The van der Waals surface area contributed by atoms with Crippen LogP contribution >= 0.6 is 0 Å². The molecule has 0 aromatic carbocycles. The second-order valence-corrected chi connectivity index (χ2v) is 1.48. The van der Waals surface area contributed by atoms with Crippen molar-refractivity contribution in [2.45, 2.75) is 0 Å². The molecule has 0 bridgehead atoms. The van der Waals surface area contributed by atoms with Gasteiger partial charge in [0.05, 0.1) is 13.2 Å². The number of hydroxylamine groups is 2. The van der Waals surface area contributed by atoms with Crippen LogP contribution in [0.5, 0.6) is 0 Å². The molecule has 0 aliphatic heterocycles. The molecule has 0 amide bonds. The summed E-state index contributed by atoms with van der Waals surface area (Å²) in [5, 5.41) is 17.9. The Labute approximate surface area is 55.4 Å². The summed E-state index contributed by atoms with van der Waals surface area (Å²) in [6.07, 6.45) is 0. The lowest BCUT2D eigenvalue weighted by atomic mass is 10.5. The summed E-state index contributed by atoms with van der Waals surface area (Å²) < 4.78 is 4.24. The number of rotatable bonds is 5. The smallest absolute Gasteiger partial charge is 0.317 e. The molecule has 0 unspecified atom stereocenters. The summed E-state index contributed by atoms with van der Waals surface area (Å²) in [5.41, 5.74) is 0. The predicted octanol–water partition coefficient (Wildman–Crippen LogP) is -1.71. The maximum Gasteiger partial charge on any atom is 0.317 e. The van der Waals surface area contributed by atoms with Crippen LogP contribution in [0.1, 0.15) is 0 Å². The molecule has 5 heteroatoms. The molecule has 0 aromatic rings. The van der Waals surface area contributed by atoms with Crippen molar-refractivity contribution >= 4 is 8.05 Å². The topological polar surface area (TPSA) is 52.9 Å². The van der Waals surface area contributed by atoms with Crippen LogP contribution in [-0.2, 0) is 4.76 Å². The first-order chi connectivity index (χ1) is 4.35. The Hall–Kier alpha value is -0.0951. The predicted molar refractivity (Wildman–Crippen MR) is 32.6 cm³/mol. The average Bonchev–Trinajstić information content (AvgIpc) is 1.88. The van der Waals surface area contributed by atoms with E-state index >= 15 is 0 Å². The van der Waals surface area contributed by atoms with E-state index in [1.165, 1.54) is 5.06 Å². The molecule has 0 fully saturated rings. The van der Waals surface area contributed by atoms with Crippen LogP contribution in [0.25, 0.3) is 0 Å². The molecule has 0 atom stereocenters. The van der Waals surface area contributed by atoms with Crippen molar-refractivity contribution in [3.05, 3.63) is 0 Å². The summed E-state index contributed by atoms with van der Waals surface area (Å²) in [4.78, 5) is 0. The molecule has 0 heterocycles. The Morgan fingerprint density at radius 1 is 1.22 bits per heavy atom. The van der Waals surface area contributed by atoms with Gasteiger partial charge in [-0.3, -0.25) is 0 Å². The molecule has 9 heavy (non-hydrogen) atoms. The Kier molecular flexibility index (Phi) is 5.97. The van der Waals surface area contributed by atoms with Crippen LogP contribution in [0.15, 0.2) is 0 Å². The van der Waals surface area contributed by atoms with Gasteiger partial charge in [0.1, 0.15) is 0 Å². The maximum atomic E-state index is 8.34. The highest BCUT2D eigenvalue weighted by molar-refractivity contribution is 5.97. The lowest BCUT2D eigenvalue weighted by molar-refractivity contribution is -0.0698. The minimum absolute atomic E-state index is 0.0306. The van der Waals surface area contributed by atoms with Gasteiger partial charge in [0.25, 0.3) is 0 Å². The van der Waals surface area contributed by atoms with Gasteiger partial charge in [0.2, 0.25) is 0 Å². The number of hydrogen-bond donors (Lipinski definition) is 2. The molecule has 0 rings (SSSR count). The zero-order valence-corrected chi connectivity index (χ0v) is 5.16. The number of aliphatic hydroxyl groups is 2. The van der Waals surface area contributed by atoms with Crippen LogP contribution < -0.4 is 0 Å². The average molecular weight is 131 g/mol. The first-order valence-electron chi connectivity index (χ1n) is 2.68. The molecule has 52 valence electrons. The molecule has 2 radical (unpaired) electrons. The van der Waals surface area contributed by atoms with Crippen molar-refractivity contribution < 1.29 is 15.0 Å². The van der Waals surface area contributed by atoms with Crippen LogP contribution in [0.3, 0.4) is 0 Å². The molecule has 0 saturated carbocycles. The summed E-state index contributed by atoms with van der Waals surface area (Å²) in [5.74, 6) is 0. The van der Waals surface area contributed by atoms with E-state index in [0.717, 1.165) is 0 Å². The highest BCUT2D eigenvalue weighted by Gasteiger charge is 1.97. The largest absolute Gasteiger partial charge is 0.395 e. The summed E-state index contributed by atoms with van der Waals surface area (Å²) in [6.45, 7) is 0.572. The molecule has 0 aliphatic rings. The highest BCUT2D eigenvalue weighted by Crippen LogP contribution is 1.83. The van der Waals surface area contributed by atoms with Crippen LogP contribution in [-0.4, -0.2) is 49.6 Å². The van der Waals surface area contributed by atoms with Gasteiger partial charge in [-0.15, -0.1) is 0 Å². The Bertz CT molecular complexity index is 57.8.